The van der Waals surface area contributed by atoms with Crippen molar-refractivity contribution in [1.82, 2.24) is 9.88 Å². The molecule has 30 heavy (non-hydrogen) atoms. The fourth-order valence-electron chi connectivity index (χ4n) is 3.72. The predicted octanol–water partition coefficient (Wildman–Crippen LogP) is 4.97. The van der Waals surface area contributed by atoms with E-state index < -0.39 is 6.10 Å². The van der Waals surface area contributed by atoms with Crippen LogP contribution in [0.2, 0.25) is 10.0 Å². The molecule has 1 amide bonds. The molecule has 1 saturated heterocycles. The monoisotopic (exact) mass is 443 g/mol. The molecule has 0 aliphatic carbocycles. The molecule has 7 heteroatoms. The van der Waals surface area contributed by atoms with Crippen LogP contribution in [0.25, 0.3) is 10.9 Å². The second-order valence-electron chi connectivity index (χ2n) is 7.46. The summed E-state index contributed by atoms with van der Waals surface area (Å²) in [5.74, 6) is 1.36. The Morgan fingerprint density at radius 3 is 2.53 bits per heavy atom. The van der Waals surface area contributed by atoms with Crippen LogP contribution in [-0.2, 0) is 4.79 Å². The van der Waals surface area contributed by atoms with Gasteiger partial charge in [-0.3, -0.25) is 4.79 Å². The van der Waals surface area contributed by atoms with E-state index in [1.807, 2.05) is 23.1 Å². The van der Waals surface area contributed by atoms with E-state index in [2.05, 4.69) is 24.0 Å². The van der Waals surface area contributed by atoms with Crippen molar-refractivity contribution in [3.05, 3.63) is 64.1 Å². The van der Waals surface area contributed by atoms with Crippen molar-refractivity contribution in [1.29, 1.82) is 0 Å². The molecule has 0 N–H and O–H groups in total. The minimum absolute atomic E-state index is 0.0525. The summed E-state index contributed by atoms with van der Waals surface area (Å²) < 4.78 is 5.78. The number of nitrogens with zero attached hydrogens (tertiary/aromatic N) is 3. The molecule has 1 fully saturated rings. The van der Waals surface area contributed by atoms with Gasteiger partial charge in [0.2, 0.25) is 0 Å². The molecule has 1 atom stereocenters. The van der Waals surface area contributed by atoms with E-state index in [1.165, 1.54) is 10.9 Å². The number of carbonyl (C=O) groups is 1. The third kappa shape index (κ3) is 4.32. The van der Waals surface area contributed by atoms with Gasteiger partial charge >= 0.3 is 0 Å². The normalized spacial score (nSPS) is 15.3. The lowest BCUT2D eigenvalue weighted by molar-refractivity contribution is -0.138. The molecule has 0 spiro atoms. The number of aryl methyl sites for hydroxylation is 1. The molecular formula is C23H23Cl2N3O2. The Labute approximate surface area is 186 Å². The largest absolute Gasteiger partial charge is 0.479 e. The van der Waals surface area contributed by atoms with E-state index >= 15 is 0 Å². The standard InChI is InChI=1S/C23H23Cl2N3O2/c1-15-13-22(26-20-6-4-3-5-18(15)20)27-9-11-28(12-10-27)23(29)16(2)30-21-8-7-17(24)14-19(21)25/h3-8,13-14,16H,9-12H2,1-2H3. The van der Waals surface area contributed by atoms with Gasteiger partial charge in [-0.2, -0.15) is 0 Å². The highest BCUT2D eigenvalue weighted by Gasteiger charge is 2.27. The molecule has 1 aliphatic heterocycles. The van der Waals surface area contributed by atoms with Crippen molar-refractivity contribution in [2.45, 2.75) is 20.0 Å². The van der Waals surface area contributed by atoms with Gasteiger partial charge in [0, 0.05) is 36.6 Å². The zero-order valence-corrected chi connectivity index (χ0v) is 18.5. The first-order valence-corrected chi connectivity index (χ1v) is 10.7. The third-order valence-electron chi connectivity index (χ3n) is 5.37. The fourth-order valence-corrected chi connectivity index (χ4v) is 4.17. The van der Waals surface area contributed by atoms with Crippen LogP contribution in [0.15, 0.2) is 48.5 Å². The Hall–Kier alpha value is -2.50. The maximum Gasteiger partial charge on any atom is 0.263 e. The van der Waals surface area contributed by atoms with Crippen LogP contribution in [0.1, 0.15) is 12.5 Å². The molecule has 1 aliphatic rings. The molecular weight excluding hydrogens is 421 g/mol. The average molecular weight is 444 g/mol. The molecule has 5 nitrogen and oxygen atoms in total. The SMILES string of the molecule is Cc1cc(N2CCN(C(=O)C(C)Oc3ccc(Cl)cc3Cl)CC2)nc2ccccc12. The highest BCUT2D eigenvalue weighted by Crippen LogP contribution is 2.29. The average Bonchev–Trinajstić information content (AvgIpc) is 2.75. The zero-order valence-electron chi connectivity index (χ0n) is 16.9. The van der Waals surface area contributed by atoms with E-state index in [9.17, 15) is 4.79 Å². The van der Waals surface area contributed by atoms with Gasteiger partial charge in [0.05, 0.1) is 10.5 Å². The molecule has 156 valence electrons. The maximum atomic E-state index is 12.9. The van der Waals surface area contributed by atoms with Crippen molar-refractivity contribution in [3.8, 4) is 5.75 Å². The van der Waals surface area contributed by atoms with Gasteiger partial charge in [0.1, 0.15) is 11.6 Å². The maximum absolute atomic E-state index is 12.9. The number of hydrogen-bond donors (Lipinski definition) is 0. The van der Waals surface area contributed by atoms with Crippen LogP contribution in [0.4, 0.5) is 5.82 Å². The first-order valence-electron chi connectivity index (χ1n) is 9.94. The van der Waals surface area contributed by atoms with Gasteiger partial charge in [-0.1, -0.05) is 41.4 Å². The summed E-state index contributed by atoms with van der Waals surface area (Å²) in [6, 6.07) is 15.3. The predicted molar refractivity (Wildman–Crippen MR) is 122 cm³/mol. The van der Waals surface area contributed by atoms with Crippen molar-refractivity contribution in [2.24, 2.45) is 0 Å². The van der Waals surface area contributed by atoms with Crippen molar-refractivity contribution in [2.75, 3.05) is 31.1 Å². The quantitative estimate of drug-likeness (QED) is 0.571. The number of para-hydroxylation sites is 1. The molecule has 1 aromatic heterocycles. The Morgan fingerprint density at radius 2 is 1.80 bits per heavy atom. The second-order valence-corrected chi connectivity index (χ2v) is 8.31. The van der Waals surface area contributed by atoms with Crippen LogP contribution in [0.5, 0.6) is 5.75 Å². The minimum Gasteiger partial charge on any atom is -0.479 e. The smallest absolute Gasteiger partial charge is 0.263 e. The topological polar surface area (TPSA) is 45.7 Å². The molecule has 0 radical (unpaired) electrons. The number of rotatable bonds is 4. The summed E-state index contributed by atoms with van der Waals surface area (Å²) in [5.41, 5.74) is 2.20. The van der Waals surface area contributed by atoms with E-state index in [0.29, 0.717) is 28.9 Å². The first-order chi connectivity index (χ1) is 14.4. The van der Waals surface area contributed by atoms with E-state index in [4.69, 9.17) is 32.9 Å². The van der Waals surface area contributed by atoms with Crippen LogP contribution in [-0.4, -0.2) is 48.1 Å². The van der Waals surface area contributed by atoms with Gasteiger partial charge in [0.15, 0.2) is 6.10 Å². The Kier molecular flexibility index (Phi) is 6.02. The first kappa shape index (κ1) is 20.8. The number of halogens is 2. The summed E-state index contributed by atoms with van der Waals surface area (Å²) in [6.07, 6.45) is -0.628. The number of carbonyl (C=O) groups excluding carboxylic acids is 1. The van der Waals surface area contributed by atoms with Crippen LogP contribution >= 0.6 is 23.2 Å². The zero-order chi connectivity index (χ0) is 21.3. The molecule has 2 heterocycles. The molecule has 0 saturated carbocycles. The van der Waals surface area contributed by atoms with E-state index in [0.717, 1.165) is 24.4 Å². The summed E-state index contributed by atoms with van der Waals surface area (Å²) >= 11 is 12.1. The van der Waals surface area contributed by atoms with Gasteiger partial charge in [-0.15, -0.1) is 0 Å². The Balaban J connectivity index is 1.39. The molecule has 4 rings (SSSR count). The van der Waals surface area contributed by atoms with Gasteiger partial charge in [0.25, 0.3) is 5.91 Å². The summed E-state index contributed by atoms with van der Waals surface area (Å²) in [5, 5.41) is 2.09. The third-order valence-corrected chi connectivity index (χ3v) is 5.90. The summed E-state index contributed by atoms with van der Waals surface area (Å²) in [6.45, 7) is 6.54. The summed E-state index contributed by atoms with van der Waals surface area (Å²) in [7, 11) is 0. The van der Waals surface area contributed by atoms with Crippen molar-refractivity contribution < 1.29 is 9.53 Å². The molecule has 0 bridgehead atoms. The minimum atomic E-state index is -0.628. The number of fused-ring (bicyclic) bond motifs is 1. The number of pyridine rings is 1. The van der Waals surface area contributed by atoms with Crippen LogP contribution < -0.4 is 9.64 Å². The number of benzene rings is 2. The fraction of sp³-hybridized carbons (Fsp3) is 0.304. The van der Waals surface area contributed by atoms with E-state index in [1.54, 1.807) is 25.1 Å². The number of ether oxygens (including phenoxy) is 1. The number of hydrogen-bond acceptors (Lipinski definition) is 4. The van der Waals surface area contributed by atoms with Crippen molar-refractivity contribution in [3.63, 3.8) is 0 Å². The highest BCUT2D eigenvalue weighted by molar-refractivity contribution is 6.35. The second kappa shape index (κ2) is 8.70. The lowest BCUT2D eigenvalue weighted by Gasteiger charge is -2.36. The number of aromatic nitrogens is 1. The van der Waals surface area contributed by atoms with Crippen molar-refractivity contribution >= 4 is 45.8 Å². The van der Waals surface area contributed by atoms with E-state index in [-0.39, 0.29) is 5.91 Å². The number of amides is 1. The lowest BCUT2D eigenvalue weighted by Crippen LogP contribution is -2.52. The highest BCUT2D eigenvalue weighted by atomic mass is 35.5. The van der Waals surface area contributed by atoms with Gasteiger partial charge in [-0.25, -0.2) is 4.98 Å². The molecule has 1 unspecified atom stereocenters. The Bertz CT molecular complexity index is 1080. The number of anilines is 1. The number of piperazine rings is 1. The van der Waals surface area contributed by atoms with Crippen LogP contribution in [0.3, 0.4) is 0 Å². The molecule has 3 aromatic rings. The van der Waals surface area contributed by atoms with Gasteiger partial charge < -0.3 is 14.5 Å². The lowest BCUT2D eigenvalue weighted by atomic mass is 10.1. The van der Waals surface area contributed by atoms with Gasteiger partial charge in [-0.05, 0) is 49.7 Å². The molecule has 2 aromatic carbocycles. The Morgan fingerprint density at radius 1 is 1.07 bits per heavy atom. The van der Waals surface area contributed by atoms with Crippen LogP contribution in [0, 0.1) is 6.92 Å². The summed E-state index contributed by atoms with van der Waals surface area (Å²) in [4.78, 5) is 21.7.